The van der Waals surface area contributed by atoms with Crippen molar-refractivity contribution < 1.29 is 9.53 Å². The van der Waals surface area contributed by atoms with Gasteiger partial charge in [0.05, 0.1) is 6.61 Å². The minimum Gasteiger partial charge on any atom is -0.493 e. The molecule has 0 spiro atoms. The summed E-state index contributed by atoms with van der Waals surface area (Å²) in [4.78, 5) is 10.5. The number of benzene rings is 1. The second-order valence-electron chi connectivity index (χ2n) is 3.86. The molecule has 0 radical (unpaired) electrons. The molecule has 1 unspecified atom stereocenters. The van der Waals surface area contributed by atoms with Gasteiger partial charge in [0.2, 0.25) is 0 Å². The molecule has 2 rings (SSSR count). The van der Waals surface area contributed by atoms with Crippen molar-refractivity contribution in [2.24, 2.45) is 5.92 Å². The van der Waals surface area contributed by atoms with E-state index in [0.717, 1.165) is 31.5 Å². The van der Waals surface area contributed by atoms with E-state index in [-0.39, 0.29) is 5.92 Å². The average Bonchev–Trinajstić information content (AvgIpc) is 2.64. The van der Waals surface area contributed by atoms with E-state index < -0.39 is 0 Å². The maximum Gasteiger partial charge on any atom is 0.123 e. The molecule has 0 saturated carbocycles. The zero-order valence-corrected chi connectivity index (χ0v) is 8.32. The largest absolute Gasteiger partial charge is 0.493 e. The number of fused-ring (bicyclic) bond motifs is 1. The Bertz CT molecular complexity index is 344. The molecular weight excluding hydrogens is 176 g/mol. The normalized spacial score (nSPS) is 15.8. The Balaban J connectivity index is 2.16. The predicted molar refractivity (Wildman–Crippen MR) is 54.6 cm³/mol. The third-order valence-electron chi connectivity index (χ3n) is 2.54. The molecule has 0 saturated heterocycles. The third kappa shape index (κ3) is 1.79. The van der Waals surface area contributed by atoms with Gasteiger partial charge in [-0.2, -0.15) is 0 Å². The van der Waals surface area contributed by atoms with Gasteiger partial charge in [-0.25, -0.2) is 0 Å². The Kier molecular flexibility index (Phi) is 2.53. The van der Waals surface area contributed by atoms with Gasteiger partial charge < -0.3 is 9.53 Å². The van der Waals surface area contributed by atoms with Crippen LogP contribution in [0.15, 0.2) is 18.2 Å². The van der Waals surface area contributed by atoms with Crippen LogP contribution in [0.2, 0.25) is 0 Å². The number of ether oxygens (including phenoxy) is 1. The van der Waals surface area contributed by atoms with E-state index in [9.17, 15) is 4.79 Å². The number of rotatable bonds is 3. The lowest BCUT2D eigenvalue weighted by Crippen LogP contribution is -2.00. The molecule has 0 amide bonds. The highest BCUT2D eigenvalue weighted by Crippen LogP contribution is 2.26. The van der Waals surface area contributed by atoms with Crippen molar-refractivity contribution in [2.75, 3.05) is 6.61 Å². The van der Waals surface area contributed by atoms with E-state index in [1.807, 2.05) is 19.1 Å². The van der Waals surface area contributed by atoms with Gasteiger partial charge in [0.15, 0.2) is 0 Å². The lowest BCUT2D eigenvalue weighted by atomic mass is 10.00. The fourth-order valence-electron chi connectivity index (χ4n) is 1.79. The van der Waals surface area contributed by atoms with Gasteiger partial charge in [0.25, 0.3) is 0 Å². The summed E-state index contributed by atoms with van der Waals surface area (Å²) in [6.07, 6.45) is 2.83. The van der Waals surface area contributed by atoms with Gasteiger partial charge in [0, 0.05) is 12.3 Å². The smallest absolute Gasteiger partial charge is 0.123 e. The van der Waals surface area contributed by atoms with Crippen LogP contribution in [0.1, 0.15) is 18.1 Å². The first-order chi connectivity index (χ1) is 6.79. The minimum atomic E-state index is 0.107. The van der Waals surface area contributed by atoms with Gasteiger partial charge in [0.1, 0.15) is 12.0 Å². The van der Waals surface area contributed by atoms with Crippen LogP contribution in [0.5, 0.6) is 5.75 Å². The highest BCUT2D eigenvalue weighted by atomic mass is 16.5. The highest BCUT2D eigenvalue weighted by Gasteiger charge is 2.12. The van der Waals surface area contributed by atoms with Gasteiger partial charge in [-0.15, -0.1) is 0 Å². The zero-order chi connectivity index (χ0) is 9.97. The van der Waals surface area contributed by atoms with E-state index in [4.69, 9.17) is 4.74 Å². The van der Waals surface area contributed by atoms with Crippen LogP contribution >= 0.6 is 0 Å². The second-order valence-corrected chi connectivity index (χ2v) is 3.86. The summed E-state index contributed by atoms with van der Waals surface area (Å²) in [5.41, 5.74) is 2.51. The molecule has 1 aromatic rings. The molecule has 1 aromatic carbocycles. The summed E-state index contributed by atoms with van der Waals surface area (Å²) in [5.74, 6) is 1.11. The van der Waals surface area contributed by atoms with Crippen molar-refractivity contribution in [1.82, 2.24) is 0 Å². The lowest BCUT2D eigenvalue weighted by Gasteiger charge is -2.05. The van der Waals surface area contributed by atoms with Gasteiger partial charge in [-0.05, 0) is 23.6 Å². The number of hydrogen-bond acceptors (Lipinski definition) is 2. The van der Waals surface area contributed by atoms with Crippen LogP contribution in [0.25, 0.3) is 0 Å². The van der Waals surface area contributed by atoms with Crippen molar-refractivity contribution in [3.8, 4) is 5.75 Å². The van der Waals surface area contributed by atoms with E-state index in [1.165, 1.54) is 11.1 Å². The summed E-state index contributed by atoms with van der Waals surface area (Å²) in [7, 11) is 0. The van der Waals surface area contributed by atoms with Crippen LogP contribution < -0.4 is 4.74 Å². The van der Waals surface area contributed by atoms with Crippen LogP contribution in [0, 0.1) is 5.92 Å². The fourth-order valence-corrected chi connectivity index (χ4v) is 1.79. The number of carbonyl (C=O) groups is 1. The Morgan fingerprint density at radius 2 is 2.43 bits per heavy atom. The molecule has 0 aromatic heterocycles. The van der Waals surface area contributed by atoms with Crippen LogP contribution in [-0.2, 0) is 17.6 Å². The Morgan fingerprint density at radius 3 is 3.21 bits per heavy atom. The first-order valence-corrected chi connectivity index (χ1v) is 4.99. The lowest BCUT2D eigenvalue weighted by molar-refractivity contribution is -0.110. The number of carbonyl (C=O) groups excluding carboxylic acids is 1. The maximum atomic E-state index is 10.5. The van der Waals surface area contributed by atoms with E-state index in [0.29, 0.717) is 0 Å². The average molecular weight is 190 g/mol. The SMILES string of the molecule is CC(C=O)Cc1ccc2c(c1)CCO2. The second kappa shape index (κ2) is 3.82. The maximum absolute atomic E-state index is 10.5. The fraction of sp³-hybridized carbons (Fsp3) is 0.417. The van der Waals surface area contributed by atoms with Crippen LogP contribution in [0.4, 0.5) is 0 Å². The molecular formula is C12H14O2. The Morgan fingerprint density at radius 1 is 1.57 bits per heavy atom. The summed E-state index contributed by atoms with van der Waals surface area (Å²) in [6.45, 7) is 2.73. The molecule has 0 bridgehead atoms. The molecule has 0 aliphatic carbocycles. The van der Waals surface area contributed by atoms with Crippen molar-refractivity contribution in [3.05, 3.63) is 29.3 Å². The van der Waals surface area contributed by atoms with Crippen LogP contribution in [0.3, 0.4) is 0 Å². The van der Waals surface area contributed by atoms with Gasteiger partial charge in [-0.3, -0.25) is 0 Å². The molecule has 1 aliphatic heterocycles. The number of hydrogen-bond donors (Lipinski definition) is 0. The molecule has 2 nitrogen and oxygen atoms in total. The predicted octanol–water partition coefficient (Wildman–Crippen LogP) is 2.00. The molecule has 2 heteroatoms. The third-order valence-corrected chi connectivity index (χ3v) is 2.54. The van der Waals surface area contributed by atoms with Gasteiger partial charge >= 0.3 is 0 Å². The highest BCUT2D eigenvalue weighted by molar-refractivity contribution is 5.54. The minimum absolute atomic E-state index is 0.107. The molecule has 0 N–H and O–H groups in total. The monoisotopic (exact) mass is 190 g/mol. The molecule has 1 atom stereocenters. The van der Waals surface area contributed by atoms with E-state index in [2.05, 4.69) is 6.07 Å². The first kappa shape index (κ1) is 9.25. The summed E-state index contributed by atoms with van der Waals surface area (Å²) in [6, 6.07) is 6.21. The zero-order valence-electron chi connectivity index (χ0n) is 8.32. The summed E-state index contributed by atoms with van der Waals surface area (Å²) >= 11 is 0. The molecule has 1 heterocycles. The van der Waals surface area contributed by atoms with Crippen molar-refractivity contribution >= 4 is 6.29 Å². The number of aldehydes is 1. The molecule has 74 valence electrons. The summed E-state index contributed by atoms with van der Waals surface area (Å²) in [5, 5.41) is 0. The quantitative estimate of drug-likeness (QED) is 0.681. The Labute approximate surface area is 83.9 Å². The van der Waals surface area contributed by atoms with Crippen molar-refractivity contribution in [1.29, 1.82) is 0 Å². The molecule has 1 aliphatic rings. The van der Waals surface area contributed by atoms with E-state index in [1.54, 1.807) is 0 Å². The van der Waals surface area contributed by atoms with Gasteiger partial charge in [-0.1, -0.05) is 19.1 Å². The van der Waals surface area contributed by atoms with E-state index >= 15 is 0 Å². The first-order valence-electron chi connectivity index (χ1n) is 4.99. The van der Waals surface area contributed by atoms with Crippen LogP contribution in [-0.4, -0.2) is 12.9 Å². The molecule has 14 heavy (non-hydrogen) atoms. The standard InChI is InChI=1S/C12H14O2/c1-9(8-13)6-10-2-3-12-11(7-10)4-5-14-12/h2-3,7-9H,4-6H2,1H3. The van der Waals surface area contributed by atoms with Crippen molar-refractivity contribution in [2.45, 2.75) is 19.8 Å². The Hall–Kier alpha value is -1.31. The topological polar surface area (TPSA) is 26.3 Å². The summed E-state index contributed by atoms with van der Waals surface area (Å²) < 4.78 is 5.42. The molecule has 0 fully saturated rings. The van der Waals surface area contributed by atoms with Crippen molar-refractivity contribution in [3.63, 3.8) is 0 Å².